The SMILES string of the molecule is CC(C)(C)CC(C(C)(C)C)C1(CN2CCCC2)CC1. The molecule has 0 radical (unpaired) electrons. The molecular formula is C18H35N. The van der Waals surface area contributed by atoms with Gasteiger partial charge in [-0.1, -0.05) is 41.5 Å². The van der Waals surface area contributed by atoms with E-state index in [-0.39, 0.29) is 0 Å². The van der Waals surface area contributed by atoms with Crippen LogP contribution in [-0.4, -0.2) is 24.5 Å². The predicted molar refractivity (Wildman–Crippen MR) is 84.4 cm³/mol. The minimum absolute atomic E-state index is 0.448. The number of likely N-dealkylation sites (tertiary alicyclic amines) is 1. The van der Waals surface area contributed by atoms with Gasteiger partial charge in [-0.15, -0.1) is 0 Å². The maximum atomic E-state index is 2.74. The smallest absolute Gasteiger partial charge is 0.00408 e. The second kappa shape index (κ2) is 5.06. The van der Waals surface area contributed by atoms with Crippen molar-refractivity contribution in [2.75, 3.05) is 19.6 Å². The summed E-state index contributed by atoms with van der Waals surface area (Å²) in [7, 11) is 0. The summed E-state index contributed by atoms with van der Waals surface area (Å²) >= 11 is 0. The van der Waals surface area contributed by atoms with Gasteiger partial charge in [0.25, 0.3) is 0 Å². The molecule has 2 aliphatic rings. The third kappa shape index (κ3) is 3.97. The van der Waals surface area contributed by atoms with Gasteiger partial charge in [-0.25, -0.2) is 0 Å². The van der Waals surface area contributed by atoms with Gasteiger partial charge in [-0.2, -0.15) is 0 Å². The average molecular weight is 265 g/mol. The van der Waals surface area contributed by atoms with Gasteiger partial charge < -0.3 is 4.90 Å². The molecule has 112 valence electrons. The lowest BCUT2D eigenvalue weighted by Crippen LogP contribution is -2.39. The van der Waals surface area contributed by atoms with Crippen molar-refractivity contribution in [2.24, 2.45) is 22.2 Å². The Bertz CT molecular complexity index is 295. The largest absolute Gasteiger partial charge is 0.303 e. The molecule has 1 heteroatoms. The summed E-state index contributed by atoms with van der Waals surface area (Å²) in [5, 5.41) is 0. The van der Waals surface area contributed by atoms with E-state index in [4.69, 9.17) is 0 Å². The lowest BCUT2D eigenvalue weighted by atomic mass is 9.64. The zero-order valence-electron chi connectivity index (χ0n) is 14.2. The van der Waals surface area contributed by atoms with E-state index in [1.165, 1.54) is 51.7 Å². The van der Waals surface area contributed by atoms with Gasteiger partial charge in [0.2, 0.25) is 0 Å². The Balaban J connectivity index is 2.08. The van der Waals surface area contributed by atoms with Crippen LogP contribution in [-0.2, 0) is 0 Å². The second-order valence-corrected chi connectivity index (χ2v) is 9.53. The van der Waals surface area contributed by atoms with Crippen LogP contribution in [0.15, 0.2) is 0 Å². The highest BCUT2D eigenvalue weighted by Crippen LogP contribution is 2.60. The van der Waals surface area contributed by atoms with E-state index in [9.17, 15) is 0 Å². The van der Waals surface area contributed by atoms with Gasteiger partial charge in [-0.3, -0.25) is 0 Å². The summed E-state index contributed by atoms with van der Waals surface area (Å²) in [6, 6.07) is 0. The molecule has 0 spiro atoms. The molecule has 1 atom stereocenters. The van der Waals surface area contributed by atoms with E-state index >= 15 is 0 Å². The Morgan fingerprint density at radius 2 is 1.47 bits per heavy atom. The predicted octanol–water partition coefficient (Wildman–Crippen LogP) is 4.96. The van der Waals surface area contributed by atoms with Gasteiger partial charge in [0.15, 0.2) is 0 Å². The second-order valence-electron chi connectivity index (χ2n) is 9.53. The molecule has 1 unspecified atom stereocenters. The first kappa shape index (κ1) is 15.4. The highest BCUT2D eigenvalue weighted by Gasteiger charge is 2.54. The third-order valence-corrected chi connectivity index (χ3v) is 5.23. The Morgan fingerprint density at radius 1 is 0.947 bits per heavy atom. The van der Waals surface area contributed by atoms with Crippen LogP contribution in [0.5, 0.6) is 0 Å². The van der Waals surface area contributed by atoms with Crippen molar-refractivity contribution in [3.05, 3.63) is 0 Å². The number of nitrogens with zero attached hydrogens (tertiary/aromatic N) is 1. The van der Waals surface area contributed by atoms with Crippen molar-refractivity contribution in [1.29, 1.82) is 0 Å². The first-order valence-corrected chi connectivity index (χ1v) is 8.35. The van der Waals surface area contributed by atoms with Crippen molar-refractivity contribution in [3.63, 3.8) is 0 Å². The fourth-order valence-electron chi connectivity index (χ4n) is 4.22. The number of rotatable bonds is 4. The summed E-state index contributed by atoms with van der Waals surface area (Å²) in [5.74, 6) is 0.876. The molecule has 0 aromatic heterocycles. The van der Waals surface area contributed by atoms with E-state index in [1.54, 1.807) is 0 Å². The summed E-state index contributed by atoms with van der Waals surface area (Å²) < 4.78 is 0. The van der Waals surface area contributed by atoms with Crippen LogP contribution in [0.2, 0.25) is 0 Å². The molecular weight excluding hydrogens is 230 g/mol. The Kier molecular flexibility index (Phi) is 4.09. The highest BCUT2D eigenvalue weighted by molar-refractivity contribution is 5.05. The summed E-state index contributed by atoms with van der Waals surface area (Å²) in [5.41, 5.74) is 1.55. The zero-order chi connectivity index (χ0) is 14.3. The summed E-state index contributed by atoms with van der Waals surface area (Å²) in [4.78, 5) is 2.74. The van der Waals surface area contributed by atoms with E-state index in [0.29, 0.717) is 16.2 Å². The monoisotopic (exact) mass is 265 g/mol. The van der Waals surface area contributed by atoms with Crippen molar-refractivity contribution in [1.82, 2.24) is 4.90 Å². The van der Waals surface area contributed by atoms with Crippen molar-refractivity contribution in [2.45, 2.75) is 73.6 Å². The molecule has 0 bridgehead atoms. The number of hydrogen-bond acceptors (Lipinski definition) is 1. The molecule has 2 rings (SSSR count). The first-order valence-electron chi connectivity index (χ1n) is 8.35. The van der Waals surface area contributed by atoms with E-state index in [0.717, 1.165) is 5.92 Å². The Labute approximate surface area is 121 Å². The van der Waals surface area contributed by atoms with Crippen molar-refractivity contribution in [3.8, 4) is 0 Å². The molecule has 1 aliphatic heterocycles. The average Bonchev–Trinajstić information content (AvgIpc) is 2.79. The van der Waals surface area contributed by atoms with E-state index in [2.05, 4.69) is 46.4 Å². The van der Waals surface area contributed by atoms with Crippen LogP contribution in [0.1, 0.15) is 73.6 Å². The molecule has 2 fully saturated rings. The fourth-order valence-corrected chi connectivity index (χ4v) is 4.22. The van der Waals surface area contributed by atoms with Gasteiger partial charge in [0, 0.05) is 6.54 Å². The molecule has 1 heterocycles. The quantitative estimate of drug-likeness (QED) is 0.694. The molecule has 1 saturated carbocycles. The van der Waals surface area contributed by atoms with E-state index < -0.39 is 0 Å². The van der Waals surface area contributed by atoms with Crippen LogP contribution in [0, 0.1) is 22.2 Å². The molecule has 0 aromatic carbocycles. The van der Waals surface area contributed by atoms with Gasteiger partial charge >= 0.3 is 0 Å². The van der Waals surface area contributed by atoms with Crippen LogP contribution < -0.4 is 0 Å². The highest BCUT2D eigenvalue weighted by atomic mass is 15.1. The molecule has 19 heavy (non-hydrogen) atoms. The maximum Gasteiger partial charge on any atom is 0.00408 e. The molecule has 0 N–H and O–H groups in total. The summed E-state index contributed by atoms with van der Waals surface area (Å²) in [6.07, 6.45) is 7.18. The van der Waals surface area contributed by atoms with Gasteiger partial charge in [0.05, 0.1) is 0 Å². The minimum Gasteiger partial charge on any atom is -0.303 e. The molecule has 1 nitrogen and oxygen atoms in total. The number of hydrogen-bond donors (Lipinski definition) is 0. The Morgan fingerprint density at radius 3 is 1.84 bits per heavy atom. The lowest BCUT2D eigenvalue weighted by Gasteiger charge is -2.43. The first-order chi connectivity index (χ1) is 8.62. The standard InChI is InChI=1S/C18H35N/c1-16(2,3)13-15(17(4,5)6)18(9-10-18)14-19-11-7-8-12-19/h15H,7-14H2,1-6H3. The van der Waals surface area contributed by atoms with Gasteiger partial charge in [-0.05, 0) is 67.4 Å². The minimum atomic E-state index is 0.448. The Hall–Kier alpha value is -0.0400. The zero-order valence-corrected chi connectivity index (χ0v) is 14.2. The van der Waals surface area contributed by atoms with Crippen LogP contribution in [0.25, 0.3) is 0 Å². The molecule has 1 saturated heterocycles. The topological polar surface area (TPSA) is 3.24 Å². The molecule has 0 aromatic rings. The van der Waals surface area contributed by atoms with Gasteiger partial charge in [0.1, 0.15) is 0 Å². The summed E-state index contributed by atoms with van der Waals surface area (Å²) in [6.45, 7) is 18.7. The lowest BCUT2D eigenvalue weighted by molar-refractivity contribution is 0.0649. The van der Waals surface area contributed by atoms with Crippen molar-refractivity contribution >= 4 is 0 Å². The normalized spacial score (nSPS) is 25.6. The van der Waals surface area contributed by atoms with Crippen LogP contribution in [0.3, 0.4) is 0 Å². The van der Waals surface area contributed by atoms with Crippen LogP contribution >= 0.6 is 0 Å². The van der Waals surface area contributed by atoms with E-state index in [1.807, 2.05) is 0 Å². The van der Waals surface area contributed by atoms with Crippen molar-refractivity contribution < 1.29 is 0 Å². The fraction of sp³-hybridized carbons (Fsp3) is 1.00. The molecule has 1 aliphatic carbocycles. The van der Waals surface area contributed by atoms with Crippen LogP contribution in [0.4, 0.5) is 0 Å². The molecule has 0 amide bonds. The third-order valence-electron chi connectivity index (χ3n) is 5.23. The maximum absolute atomic E-state index is 2.74.